The van der Waals surface area contributed by atoms with Crippen LogP contribution in [0.1, 0.15) is 21.6 Å². The molecule has 0 atom stereocenters. The number of rotatable bonds is 4. The van der Waals surface area contributed by atoms with Crippen LogP contribution in [0.5, 0.6) is 0 Å². The number of aryl methyl sites for hydroxylation is 1. The van der Waals surface area contributed by atoms with Crippen molar-refractivity contribution in [3.8, 4) is 0 Å². The van der Waals surface area contributed by atoms with Crippen molar-refractivity contribution in [1.29, 1.82) is 0 Å². The molecule has 20 heavy (non-hydrogen) atoms. The summed E-state index contributed by atoms with van der Waals surface area (Å²) in [7, 11) is 1.78. The lowest BCUT2D eigenvalue weighted by atomic mass is 10.2. The molecular formula is C15H16ClN3O. The highest BCUT2D eigenvalue weighted by atomic mass is 35.5. The van der Waals surface area contributed by atoms with Gasteiger partial charge in [0.1, 0.15) is 0 Å². The molecule has 1 aromatic carbocycles. The first kappa shape index (κ1) is 14.3. The summed E-state index contributed by atoms with van der Waals surface area (Å²) >= 11 is 5.91. The van der Waals surface area contributed by atoms with Gasteiger partial charge in [-0.05, 0) is 30.7 Å². The first-order valence-corrected chi connectivity index (χ1v) is 6.65. The maximum atomic E-state index is 12.2. The number of nitrogens with one attached hydrogen (secondary N) is 2. The third kappa shape index (κ3) is 3.48. The van der Waals surface area contributed by atoms with E-state index in [-0.39, 0.29) is 5.91 Å². The Kier molecular flexibility index (Phi) is 4.58. The van der Waals surface area contributed by atoms with Crippen LogP contribution in [-0.4, -0.2) is 17.9 Å². The second-order valence-corrected chi connectivity index (χ2v) is 4.87. The summed E-state index contributed by atoms with van der Waals surface area (Å²) in [5.41, 5.74) is 3.11. The summed E-state index contributed by atoms with van der Waals surface area (Å²) < 4.78 is 0. The van der Waals surface area contributed by atoms with Crippen molar-refractivity contribution in [3.05, 3.63) is 58.4 Å². The highest BCUT2D eigenvalue weighted by molar-refractivity contribution is 6.30. The van der Waals surface area contributed by atoms with Crippen LogP contribution in [0.4, 0.5) is 5.69 Å². The van der Waals surface area contributed by atoms with Gasteiger partial charge in [-0.25, -0.2) is 0 Å². The van der Waals surface area contributed by atoms with Gasteiger partial charge in [0, 0.05) is 30.5 Å². The molecule has 5 heteroatoms. The van der Waals surface area contributed by atoms with E-state index in [0.717, 1.165) is 16.9 Å². The minimum atomic E-state index is -0.165. The van der Waals surface area contributed by atoms with Gasteiger partial charge in [-0.2, -0.15) is 0 Å². The SMILES string of the molecule is CNc1cc(C)ncc1C(=O)NCc1cccc(Cl)c1. The maximum Gasteiger partial charge on any atom is 0.255 e. The Hall–Kier alpha value is -2.07. The van der Waals surface area contributed by atoms with Crippen molar-refractivity contribution in [2.75, 3.05) is 12.4 Å². The second-order valence-electron chi connectivity index (χ2n) is 4.43. The van der Waals surface area contributed by atoms with E-state index in [1.807, 2.05) is 31.2 Å². The quantitative estimate of drug-likeness (QED) is 0.910. The Morgan fingerprint density at radius 1 is 1.35 bits per heavy atom. The van der Waals surface area contributed by atoms with Crippen LogP contribution in [-0.2, 0) is 6.54 Å². The van der Waals surface area contributed by atoms with Crippen LogP contribution >= 0.6 is 11.6 Å². The van der Waals surface area contributed by atoms with Crippen LogP contribution < -0.4 is 10.6 Å². The van der Waals surface area contributed by atoms with Crippen molar-refractivity contribution in [2.24, 2.45) is 0 Å². The zero-order valence-electron chi connectivity index (χ0n) is 11.4. The van der Waals surface area contributed by atoms with Crippen molar-refractivity contribution < 1.29 is 4.79 Å². The third-order valence-corrected chi connectivity index (χ3v) is 3.13. The molecule has 0 radical (unpaired) electrons. The van der Waals surface area contributed by atoms with Crippen molar-refractivity contribution in [2.45, 2.75) is 13.5 Å². The summed E-state index contributed by atoms with van der Waals surface area (Å²) in [6.45, 7) is 2.31. The minimum Gasteiger partial charge on any atom is -0.387 e. The van der Waals surface area contributed by atoms with Gasteiger partial charge >= 0.3 is 0 Å². The predicted molar refractivity (Wildman–Crippen MR) is 81.1 cm³/mol. The van der Waals surface area contributed by atoms with E-state index >= 15 is 0 Å². The number of hydrogen-bond acceptors (Lipinski definition) is 3. The molecule has 1 amide bonds. The van der Waals surface area contributed by atoms with Crippen molar-refractivity contribution in [3.63, 3.8) is 0 Å². The fourth-order valence-electron chi connectivity index (χ4n) is 1.87. The topological polar surface area (TPSA) is 54.0 Å². The Morgan fingerprint density at radius 3 is 2.85 bits per heavy atom. The fraction of sp³-hybridized carbons (Fsp3) is 0.200. The number of carbonyl (C=O) groups excluding carboxylic acids is 1. The van der Waals surface area contributed by atoms with Crippen molar-refractivity contribution in [1.82, 2.24) is 10.3 Å². The molecule has 0 fully saturated rings. The Bertz CT molecular complexity index is 628. The zero-order chi connectivity index (χ0) is 14.5. The summed E-state index contributed by atoms with van der Waals surface area (Å²) in [5, 5.41) is 6.52. The first-order valence-electron chi connectivity index (χ1n) is 6.27. The second kappa shape index (κ2) is 6.39. The number of halogens is 1. The zero-order valence-corrected chi connectivity index (χ0v) is 12.2. The van der Waals surface area contributed by atoms with Gasteiger partial charge in [-0.1, -0.05) is 23.7 Å². The summed E-state index contributed by atoms with van der Waals surface area (Å²) in [6.07, 6.45) is 1.58. The van der Waals surface area contributed by atoms with Crippen LogP contribution in [0.3, 0.4) is 0 Å². The molecule has 0 aliphatic heterocycles. The number of anilines is 1. The summed E-state index contributed by atoms with van der Waals surface area (Å²) in [4.78, 5) is 16.3. The average Bonchev–Trinajstić information content (AvgIpc) is 2.44. The number of nitrogens with zero attached hydrogens (tertiary/aromatic N) is 1. The van der Waals surface area contributed by atoms with Gasteiger partial charge in [0.05, 0.1) is 11.3 Å². The van der Waals surface area contributed by atoms with Gasteiger partial charge in [0.2, 0.25) is 0 Å². The summed E-state index contributed by atoms with van der Waals surface area (Å²) in [5.74, 6) is -0.165. The average molecular weight is 290 g/mol. The molecule has 2 aromatic rings. The monoisotopic (exact) mass is 289 g/mol. The van der Waals surface area contributed by atoms with E-state index < -0.39 is 0 Å². The Balaban J connectivity index is 2.09. The lowest BCUT2D eigenvalue weighted by Crippen LogP contribution is -2.24. The van der Waals surface area contributed by atoms with Crippen LogP contribution in [0.2, 0.25) is 5.02 Å². The van der Waals surface area contributed by atoms with Crippen LogP contribution in [0.25, 0.3) is 0 Å². The molecule has 0 unspecified atom stereocenters. The smallest absolute Gasteiger partial charge is 0.255 e. The van der Waals surface area contributed by atoms with E-state index in [9.17, 15) is 4.79 Å². The predicted octanol–water partition coefficient (Wildman–Crippen LogP) is 3.02. The maximum absolute atomic E-state index is 12.2. The Labute approximate surface area is 123 Å². The molecule has 0 aliphatic carbocycles. The van der Waals surface area contributed by atoms with Gasteiger partial charge in [-0.3, -0.25) is 9.78 Å². The molecule has 4 nitrogen and oxygen atoms in total. The number of hydrogen-bond donors (Lipinski definition) is 2. The highest BCUT2D eigenvalue weighted by Crippen LogP contribution is 2.15. The first-order chi connectivity index (χ1) is 9.60. The van der Waals surface area contributed by atoms with E-state index in [0.29, 0.717) is 17.1 Å². The Morgan fingerprint density at radius 2 is 2.15 bits per heavy atom. The lowest BCUT2D eigenvalue weighted by Gasteiger charge is -2.10. The number of pyridine rings is 1. The highest BCUT2D eigenvalue weighted by Gasteiger charge is 2.11. The van der Waals surface area contributed by atoms with Gasteiger partial charge in [0.25, 0.3) is 5.91 Å². The molecule has 1 heterocycles. The molecule has 0 aliphatic rings. The number of benzene rings is 1. The van der Waals surface area contributed by atoms with E-state index in [2.05, 4.69) is 15.6 Å². The van der Waals surface area contributed by atoms with E-state index in [1.54, 1.807) is 19.3 Å². The molecular weight excluding hydrogens is 274 g/mol. The number of amides is 1. The fourth-order valence-corrected chi connectivity index (χ4v) is 2.08. The van der Waals surface area contributed by atoms with Crippen molar-refractivity contribution >= 4 is 23.2 Å². The molecule has 2 N–H and O–H groups in total. The normalized spacial score (nSPS) is 10.2. The molecule has 1 aromatic heterocycles. The largest absolute Gasteiger partial charge is 0.387 e. The lowest BCUT2D eigenvalue weighted by molar-refractivity contribution is 0.0951. The molecule has 0 bridgehead atoms. The van der Waals surface area contributed by atoms with Gasteiger partial charge in [0.15, 0.2) is 0 Å². The molecule has 2 rings (SSSR count). The standard InChI is InChI=1S/C15H16ClN3O/c1-10-6-14(17-2)13(9-18-10)15(20)19-8-11-4-3-5-12(16)7-11/h3-7,9H,8H2,1-2H3,(H,17,18)(H,19,20). The number of aromatic nitrogens is 1. The van der Waals surface area contributed by atoms with E-state index in [4.69, 9.17) is 11.6 Å². The molecule has 104 valence electrons. The van der Waals surface area contributed by atoms with Gasteiger partial charge in [-0.15, -0.1) is 0 Å². The molecule has 0 spiro atoms. The minimum absolute atomic E-state index is 0.165. The molecule has 0 saturated carbocycles. The molecule has 0 saturated heterocycles. The van der Waals surface area contributed by atoms with E-state index in [1.165, 1.54) is 0 Å². The van der Waals surface area contributed by atoms with Crippen LogP contribution in [0.15, 0.2) is 36.5 Å². The summed E-state index contributed by atoms with van der Waals surface area (Å²) in [6, 6.07) is 9.24. The third-order valence-electron chi connectivity index (χ3n) is 2.90. The number of carbonyl (C=O) groups is 1. The van der Waals surface area contributed by atoms with Gasteiger partial charge < -0.3 is 10.6 Å². The van der Waals surface area contributed by atoms with Crippen LogP contribution in [0, 0.1) is 6.92 Å².